The van der Waals surface area contributed by atoms with E-state index in [2.05, 4.69) is 0 Å². The molecule has 8 heteroatoms. The van der Waals surface area contributed by atoms with Crippen molar-refractivity contribution < 1.29 is 82.2 Å². The van der Waals surface area contributed by atoms with E-state index in [9.17, 15) is 0 Å². The van der Waals surface area contributed by atoms with Crippen molar-refractivity contribution in [1.82, 2.24) is 0 Å². The average molecular weight is 246 g/mol. The fraction of sp³-hybridized carbons (Fsp3) is 0. The molecular weight excluding hydrogens is 244 g/mol. The van der Waals surface area contributed by atoms with Gasteiger partial charge in [-0.15, -0.1) is 0 Å². The summed E-state index contributed by atoms with van der Waals surface area (Å²) in [6, 6.07) is 0. The molecule has 0 atom stereocenters. The van der Waals surface area contributed by atoms with Gasteiger partial charge in [0.2, 0.25) is 0 Å². The molecule has 0 amide bonds. The fourth-order valence-corrected chi connectivity index (χ4v) is 0. The summed E-state index contributed by atoms with van der Waals surface area (Å²) < 4.78 is 33.1. The van der Waals surface area contributed by atoms with Crippen LogP contribution in [0, 0.1) is 0 Å². The van der Waals surface area contributed by atoms with Gasteiger partial charge in [0, 0.05) is 33.3 Å². The molecule has 0 aliphatic heterocycles. The Labute approximate surface area is 81.7 Å². The van der Waals surface area contributed by atoms with Crippen LogP contribution in [-0.2, 0) is 57.7 Å². The van der Waals surface area contributed by atoms with E-state index in [0.29, 0.717) is 0 Å². The third-order valence-corrected chi connectivity index (χ3v) is 0. The van der Waals surface area contributed by atoms with Gasteiger partial charge in [-0.2, -0.15) is 0 Å². The molecule has 8 heavy (non-hydrogen) atoms. The monoisotopic (exact) mass is 245 g/mol. The number of hydrogen-bond acceptors (Lipinski definition) is 3. The molecule has 1 radical (unpaired) electrons. The molecule has 0 unspecified atom stereocenters. The zero-order valence-corrected chi connectivity index (χ0v) is 6.91. The molecule has 0 bridgehead atoms. The quantitative estimate of drug-likeness (QED) is 0.444. The Hall–Kier alpha value is 1.48. The van der Waals surface area contributed by atoms with Crippen molar-refractivity contribution in [3.8, 4) is 0 Å². The summed E-state index contributed by atoms with van der Waals surface area (Å²) in [5.74, 6) is 0. The Balaban J connectivity index is -0.0000000133. The predicted molar refractivity (Wildman–Crippen MR) is 5.39 cm³/mol. The van der Waals surface area contributed by atoms with Crippen LogP contribution < -0.4 is 18.9 Å². The zero-order valence-electron chi connectivity index (χ0n) is 4.70. The molecule has 4 nitrogen and oxygen atoms in total. The number of rotatable bonds is 0. The van der Waals surface area contributed by atoms with E-state index in [4.69, 9.17) is 15.7 Å². The SMILES string of the molecule is [Co].[H-].[Li+].[Ni].[O]=[Mn](=[O])(=[O])[OH]. The molecule has 0 aromatic carbocycles. The first-order valence-electron chi connectivity index (χ1n) is 0.632. The van der Waals surface area contributed by atoms with Gasteiger partial charge in [0.15, 0.2) is 0 Å². The summed E-state index contributed by atoms with van der Waals surface area (Å²) in [5.41, 5.74) is 0. The van der Waals surface area contributed by atoms with Crippen LogP contribution in [0.3, 0.4) is 0 Å². The normalized spacial score (nSPS) is 7.12. The van der Waals surface area contributed by atoms with Gasteiger partial charge in [0.05, 0.1) is 0 Å². The van der Waals surface area contributed by atoms with Crippen molar-refractivity contribution in [1.29, 1.82) is 0 Å². The van der Waals surface area contributed by atoms with E-state index in [-0.39, 0.29) is 53.6 Å². The van der Waals surface area contributed by atoms with Crippen LogP contribution in [0.1, 0.15) is 1.43 Å². The second kappa shape index (κ2) is 8.48. The van der Waals surface area contributed by atoms with Crippen molar-refractivity contribution in [2.75, 3.05) is 0 Å². The summed E-state index contributed by atoms with van der Waals surface area (Å²) in [5, 5.41) is 0. The molecule has 1 N–H and O–H groups in total. The van der Waals surface area contributed by atoms with Crippen LogP contribution >= 0.6 is 0 Å². The topological polar surface area (TPSA) is 71.4 Å². The van der Waals surface area contributed by atoms with Gasteiger partial charge in [-0.3, -0.25) is 0 Å². The molecule has 0 aliphatic carbocycles. The molecule has 0 heterocycles. The van der Waals surface area contributed by atoms with Gasteiger partial charge < -0.3 is 1.43 Å². The van der Waals surface area contributed by atoms with Crippen molar-refractivity contribution in [3.63, 3.8) is 0 Å². The van der Waals surface area contributed by atoms with Crippen LogP contribution in [0.25, 0.3) is 0 Å². The Morgan fingerprint density at radius 1 is 1.25 bits per heavy atom. The van der Waals surface area contributed by atoms with Crippen LogP contribution in [0.15, 0.2) is 0 Å². The molecule has 0 saturated carbocycles. The first kappa shape index (κ1) is 22.7. The summed E-state index contributed by atoms with van der Waals surface area (Å²) in [6.45, 7) is 0. The minimum atomic E-state index is -5.38. The van der Waals surface area contributed by atoms with Crippen molar-refractivity contribution >= 4 is 0 Å². The molecule has 0 aromatic rings. The van der Waals surface area contributed by atoms with Crippen LogP contribution in [-0.4, -0.2) is 4.19 Å². The maximum absolute atomic E-state index is 8.69. The Kier molecular flexibility index (Phi) is 24.1. The molecule has 0 aromatic heterocycles. The Morgan fingerprint density at radius 2 is 1.25 bits per heavy atom. The summed E-state index contributed by atoms with van der Waals surface area (Å²) in [4.78, 5) is 0. The van der Waals surface area contributed by atoms with Gasteiger partial charge in [-0.05, 0) is 0 Å². The standard InChI is InChI=1S/Co.Li.Mn.Ni.H2O.3O.H/h;;;;1H2;;;;/q;2*+1;;;;;;-1/p-1. The van der Waals surface area contributed by atoms with Gasteiger partial charge >= 0.3 is 47.5 Å². The van der Waals surface area contributed by atoms with E-state index in [0.717, 1.165) is 0 Å². The Bertz CT molecular complexity index is 142. The van der Waals surface area contributed by atoms with E-state index in [1.54, 1.807) is 0 Å². The Morgan fingerprint density at radius 3 is 1.25 bits per heavy atom. The molecule has 53 valence electrons. The minimum absolute atomic E-state index is 0. The van der Waals surface area contributed by atoms with Crippen LogP contribution in [0.5, 0.6) is 0 Å². The van der Waals surface area contributed by atoms with Crippen molar-refractivity contribution in [3.05, 3.63) is 0 Å². The van der Waals surface area contributed by atoms with Crippen LogP contribution in [0.4, 0.5) is 0 Å². The van der Waals surface area contributed by atoms with Gasteiger partial charge in [0.25, 0.3) is 0 Å². The molecule has 0 aliphatic rings. The van der Waals surface area contributed by atoms with Crippen LogP contribution in [0.2, 0.25) is 0 Å². The first-order valence-corrected chi connectivity index (χ1v) is 2.61. The zero-order chi connectivity index (χ0) is 4.50. The van der Waals surface area contributed by atoms with E-state index in [1.807, 2.05) is 0 Å². The van der Waals surface area contributed by atoms with E-state index >= 15 is 0 Å². The van der Waals surface area contributed by atoms with E-state index < -0.39 is 13.0 Å². The second-order valence-electron chi connectivity index (χ2n) is 0.396. The van der Waals surface area contributed by atoms with Gasteiger partial charge in [-0.1, -0.05) is 0 Å². The second-order valence-corrected chi connectivity index (χ2v) is 1.63. The third kappa shape index (κ3) is 144. The van der Waals surface area contributed by atoms with Gasteiger partial charge in [-0.25, -0.2) is 0 Å². The summed E-state index contributed by atoms with van der Waals surface area (Å²) in [6.07, 6.45) is 0. The third-order valence-electron chi connectivity index (χ3n) is 0. The van der Waals surface area contributed by atoms with E-state index in [1.165, 1.54) is 0 Å². The van der Waals surface area contributed by atoms with Crippen molar-refractivity contribution in [2.45, 2.75) is 0 Å². The predicted octanol–water partition coefficient (Wildman–Crippen LogP) is -3.80. The van der Waals surface area contributed by atoms with Gasteiger partial charge in [0.1, 0.15) is 0 Å². The van der Waals surface area contributed by atoms with Crippen molar-refractivity contribution in [2.24, 2.45) is 0 Å². The number of hydrogen-bond donors (Lipinski definition) is 1. The average Bonchev–Trinajstić information content (AvgIpc) is 0.722. The molecule has 0 rings (SSSR count). The fourth-order valence-electron chi connectivity index (χ4n) is 0. The molecule has 0 saturated heterocycles. The summed E-state index contributed by atoms with van der Waals surface area (Å²) in [7, 11) is 0. The first-order chi connectivity index (χ1) is 2.00. The summed E-state index contributed by atoms with van der Waals surface area (Å²) >= 11 is -5.38. The maximum atomic E-state index is 8.69. The molecular formula is H2CoLiMnNiO4. The molecule has 0 fully saturated rings. The molecule has 0 spiro atoms.